The largest absolute Gasteiger partial charge is 0.343 e. The summed E-state index contributed by atoms with van der Waals surface area (Å²) in [6.45, 7) is 2.59. The summed E-state index contributed by atoms with van der Waals surface area (Å²) < 4.78 is 0. The lowest BCUT2D eigenvalue weighted by atomic mass is 10.0. The molecule has 1 aliphatic rings. The molecule has 3 aromatic rings. The molecule has 4 nitrogen and oxygen atoms in total. The number of anilines is 1. The summed E-state index contributed by atoms with van der Waals surface area (Å²) in [4.78, 5) is 17.1. The van der Waals surface area contributed by atoms with Gasteiger partial charge in [0.2, 0.25) is 5.91 Å². The van der Waals surface area contributed by atoms with Crippen molar-refractivity contribution < 1.29 is 9.78 Å². The first-order valence-electron chi connectivity index (χ1n) is 9.33. The summed E-state index contributed by atoms with van der Waals surface area (Å²) in [6, 6.07) is 21.0. The van der Waals surface area contributed by atoms with Gasteiger partial charge in [-0.05, 0) is 18.1 Å². The summed E-state index contributed by atoms with van der Waals surface area (Å²) in [5, 5.41) is 4.71. The number of carbonyl (C=O) groups is 1. The minimum atomic E-state index is 0.300. The number of pyridine rings is 1. The normalized spacial score (nSPS) is 14.2. The maximum Gasteiger partial charge on any atom is 0.273 e. The Hall–Kier alpha value is -2.88. The Morgan fingerprint density at radius 2 is 1.85 bits per heavy atom. The number of para-hydroxylation sites is 1. The first-order chi connectivity index (χ1) is 12.8. The molecule has 1 fully saturated rings. The van der Waals surface area contributed by atoms with Crippen LogP contribution in [0.2, 0.25) is 0 Å². The number of rotatable bonds is 6. The molecule has 0 aliphatic carbocycles. The maximum atomic E-state index is 11.7. The molecular formula is C22H24N3O+. The molecule has 0 spiro atoms. The lowest BCUT2D eigenvalue weighted by Crippen LogP contribution is -2.27. The molecule has 1 aromatic heterocycles. The first kappa shape index (κ1) is 16.6. The topological polar surface area (TPSA) is 46.5 Å². The third kappa shape index (κ3) is 3.54. The molecule has 0 unspecified atom stereocenters. The number of fused-ring (bicyclic) bond motifs is 1. The molecule has 26 heavy (non-hydrogen) atoms. The highest BCUT2D eigenvalue weighted by Gasteiger charge is 2.19. The molecule has 4 heteroatoms. The van der Waals surface area contributed by atoms with Crippen LogP contribution >= 0.6 is 0 Å². The van der Waals surface area contributed by atoms with Crippen molar-refractivity contribution in [1.29, 1.82) is 0 Å². The zero-order chi connectivity index (χ0) is 17.8. The molecule has 132 valence electrons. The van der Waals surface area contributed by atoms with Crippen molar-refractivity contribution in [2.75, 3.05) is 25.0 Å². The van der Waals surface area contributed by atoms with Gasteiger partial charge in [-0.3, -0.25) is 10.1 Å². The predicted octanol–water partition coefficient (Wildman–Crippen LogP) is 3.75. The zero-order valence-corrected chi connectivity index (χ0v) is 14.9. The van der Waals surface area contributed by atoms with Gasteiger partial charge in [-0.1, -0.05) is 48.5 Å². The Morgan fingerprint density at radius 1 is 1.04 bits per heavy atom. The SMILES string of the molecule is O=C1CCCN1CCCNc1cc(-c2ccccc2)c2ccccc2[nH+]1. The number of carbonyl (C=O) groups excluding carboxylic acids is 1. The lowest BCUT2D eigenvalue weighted by Gasteiger charge is -2.14. The Bertz CT molecular complexity index is 908. The van der Waals surface area contributed by atoms with Crippen LogP contribution < -0.4 is 10.3 Å². The number of nitrogens with one attached hydrogen (secondary N) is 2. The molecule has 0 bridgehead atoms. The summed E-state index contributed by atoms with van der Waals surface area (Å²) >= 11 is 0. The van der Waals surface area contributed by atoms with Crippen LogP contribution in [0.25, 0.3) is 22.0 Å². The van der Waals surface area contributed by atoms with E-state index in [-0.39, 0.29) is 0 Å². The first-order valence-corrected chi connectivity index (χ1v) is 9.33. The zero-order valence-electron chi connectivity index (χ0n) is 14.9. The highest BCUT2D eigenvalue weighted by atomic mass is 16.2. The number of benzene rings is 2. The highest BCUT2D eigenvalue weighted by Crippen LogP contribution is 2.28. The van der Waals surface area contributed by atoms with Crippen LogP contribution in [-0.2, 0) is 4.79 Å². The van der Waals surface area contributed by atoms with E-state index < -0.39 is 0 Å². The van der Waals surface area contributed by atoms with Gasteiger partial charge in [0.1, 0.15) is 5.52 Å². The lowest BCUT2D eigenvalue weighted by molar-refractivity contribution is -0.327. The maximum absolute atomic E-state index is 11.7. The predicted molar refractivity (Wildman–Crippen MR) is 105 cm³/mol. The fraction of sp³-hybridized carbons (Fsp3) is 0.273. The van der Waals surface area contributed by atoms with E-state index in [2.05, 4.69) is 64.9 Å². The van der Waals surface area contributed by atoms with Gasteiger partial charge >= 0.3 is 0 Å². The van der Waals surface area contributed by atoms with E-state index in [0.717, 1.165) is 43.8 Å². The van der Waals surface area contributed by atoms with E-state index in [9.17, 15) is 4.79 Å². The second-order valence-corrected chi connectivity index (χ2v) is 6.77. The highest BCUT2D eigenvalue weighted by molar-refractivity contribution is 5.93. The molecule has 0 saturated carbocycles. The van der Waals surface area contributed by atoms with Gasteiger partial charge in [-0.15, -0.1) is 0 Å². The van der Waals surface area contributed by atoms with Crippen LogP contribution in [-0.4, -0.2) is 30.4 Å². The van der Waals surface area contributed by atoms with Crippen LogP contribution in [0.5, 0.6) is 0 Å². The fourth-order valence-corrected chi connectivity index (χ4v) is 3.62. The number of H-pyrrole nitrogens is 1. The van der Waals surface area contributed by atoms with Crippen LogP contribution in [0, 0.1) is 0 Å². The molecule has 2 aromatic carbocycles. The average Bonchev–Trinajstić information content (AvgIpc) is 3.10. The van der Waals surface area contributed by atoms with Gasteiger partial charge in [0.15, 0.2) is 0 Å². The van der Waals surface area contributed by atoms with Crippen LogP contribution in [0.1, 0.15) is 19.3 Å². The van der Waals surface area contributed by atoms with E-state index in [1.165, 1.54) is 16.5 Å². The van der Waals surface area contributed by atoms with Gasteiger partial charge in [0, 0.05) is 42.9 Å². The van der Waals surface area contributed by atoms with E-state index in [1.54, 1.807) is 0 Å². The molecular weight excluding hydrogens is 322 g/mol. The van der Waals surface area contributed by atoms with Gasteiger partial charge < -0.3 is 4.90 Å². The summed E-state index contributed by atoms with van der Waals surface area (Å²) in [6.07, 6.45) is 2.67. The third-order valence-corrected chi connectivity index (χ3v) is 4.95. The van der Waals surface area contributed by atoms with Crippen molar-refractivity contribution in [3.63, 3.8) is 0 Å². The van der Waals surface area contributed by atoms with Crippen LogP contribution in [0.3, 0.4) is 0 Å². The minimum Gasteiger partial charge on any atom is -0.343 e. The Balaban J connectivity index is 1.51. The monoisotopic (exact) mass is 346 g/mol. The molecule has 1 saturated heterocycles. The third-order valence-electron chi connectivity index (χ3n) is 4.95. The molecule has 0 radical (unpaired) electrons. The van der Waals surface area contributed by atoms with Crippen molar-refractivity contribution >= 4 is 22.6 Å². The summed E-state index contributed by atoms with van der Waals surface area (Å²) in [5.74, 6) is 1.31. The Kier molecular flexibility index (Phi) is 4.82. The number of hydrogen-bond donors (Lipinski definition) is 1. The minimum absolute atomic E-state index is 0.300. The Labute approximate surface area is 153 Å². The fourth-order valence-electron chi connectivity index (χ4n) is 3.62. The van der Waals surface area contributed by atoms with Gasteiger partial charge in [0.25, 0.3) is 5.82 Å². The number of amides is 1. The molecule has 4 rings (SSSR count). The van der Waals surface area contributed by atoms with Crippen molar-refractivity contribution in [1.82, 2.24) is 4.90 Å². The van der Waals surface area contributed by atoms with Gasteiger partial charge in [0.05, 0.1) is 6.54 Å². The molecule has 1 amide bonds. The van der Waals surface area contributed by atoms with Gasteiger partial charge in [-0.2, -0.15) is 0 Å². The van der Waals surface area contributed by atoms with Crippen LogP contribution in [0.4, 0.5) is 5.82 Å². The smallest absolute Gasteiger partial charge is 0.273 e. The van der Waals surface area contributed by atoms with Crippen molar-refractivity contribution in [3.8, 4) is 11.1 Å². The second-order valence-electron chi connectivity index (χ2n) is 6.77. The van der Waals surface area contributed by atoms with E-state index >= 15 is 0 Å². The molecule has 2 N–H and O–H groups in total. The van der Waals surface area contributed by atoms with E-state index in [1.807, 2.05) is 11.0 Å². The number of aromatic amines is 1. The molecule has 0 atom stereocenters. The number of hydrogen-bond acceptors (Lipinski definition) is 2. The van der Waals surface area contributed by atoms with E-state index in [0.29, 0.717) is 12.3 Å². The Morgan fingerprint density at radius 3 is 2.65 bits per heavy atom. The standard InChI is InChI=1S/C22H23N3O/c26-22-12-6-14-25(22)15-7-13-23-21-16-19(17-8-2-1-3-9-17)18-10-4-5-11-20(18)24-21/h1-5,8-11,16H,6-7,12-15H2,(H,23,24)/p+1. The number of nitrogens with zero attached hydrogens (tertiary/aromatic N) is 1. The van der Waals surface area contributed by atoms with Crippen LogP contribution in [0.15, 0.2) is 60.7 Å². The van der Waals surface area contributed by atoms with Gasteiger partial charge in [-0.25, -0.2) is 4.98 Å². The number of likely N-dealkylation sites (tertiary alicyclic amines) is 1. The molecule has 1 aliphatic heterocycles. The second kappa shape index (κ2) is 7.56. The summed E-state index contributed by atoms with van der Waals surface area (Å²) in [7, 11) is 0. The number of aromatic nitrogens is 1. The van der Waals surface area contributed by atoms with Crippen molar-refractivity contribution in [2.24, 2.45) is 0 Å². The summed E-state index contributed by atoms with van der Waals surface area (Å²) in [5.41, 5.74) is 3.55. The average molecular weight is 346 g/mol. The molecule has 2 heterocycles. The van der Waals surface area contributed by atoms with Crippen molar-refractivity contribution in [2.45, 2.75) is 19.3 Å². The van der Waals surface area contributed by atoms with Crippen molar-refractivity contribution in [3.05, 3.63) is 60.7 Å². The quantitative estimate of drug-likeness (QED) is 0.691. The van der Waals surface area contributed by atoms with E-state index in [4.69, 9.17) is 0 Å².